The molecule has 0 saturated carbocycles. The quantitative estimate of drug-likeness (QED) is 0.757. The first-order chi connectivity index (χ1) is 13.7. The summed E-state index contributed by atoms with van der Waals surface area (Å²) in [5.41, 5.74) is 3.28. The molecule has 0 radical (unpaired) electrons. The zero-order chi connectivity index (χ0) is 19.9. The zero-order valence-corrected chi connectivity index (χ0v) is 17.0. The number of ether oxygens (including phenoxy) is 2. The highest BCUT2D eigenvalue weighted by Crippen LogP contribution is 2.25. The van der Waals surface area contributed by atoms with Crippen LogP contribution in [0.5, 0.6) is 11.5 Å². The van der Waals surface area contributed by atoms with E-state index in [1.807, 2.05) is 0 Å². The highest BCUT2D eigenvalue weighted by molar-refractivity contribution is 5.97. The number of carbonyl (C=O) groups excluding carboxylic acids is 1. The van der Waals surface area contributed by atoms with Gasteiger partial charge >= 0.3 is 0 Å². The van der Waals surface area contributed by atoms with Gasteiger partial charge in [-0.1, -0.05) is 37.6 Å². The van der Waals surface area contributed by atoms with E-state index < -0.39 is 0 Å². The van der Waals surface area contributed by atoms with Gasteiger partial charge in [0.15, 0.2) is 0 Å². The fourth-order valence-corrected chi connectivity index (χ4v) is 3.76. The van der Waals surface area contributed by atoms with Crippen molar-refractivity contribution in [3.05, 3.63) is 59.2 Å². The Bertz CT molecular complexity index is 806. The fourth-order valence-electron chi connectivity index (χ4n) is 3.76. The molecule has 5 heteroatoms. The SMILES string of the molecule is CCCCN1Cc2ccccc2C[C@@H]1CNC(=O)c1cc(OC)ccc1OC. The first kappa shape index (κ1) is 20.2. The Morgan fingerprint density at radius 2 is 1.93 bits per heavy atom. The smallest absolute Gasteiger partial charge is 0.255 e. The van der Waals surface area contributed by atoms with E-state index in [2.05, 4.69) is 41.4 Å². The van der Waals surface area contributed by atoms with E-state index in [0.29, 0.717) is 29.6 Å². The summed E-state index contributed by atoms with van der Waals surface area (Å²) in [5, 5.41) is 3.12. The molecule has 1 amide bonds. The highest BCUT2D eigenvalue weighted by atomic mass is 16.5. The first-order valence-corrected chi connectivity index (χ1v) is 9.97. The number of hydrogen-bond acceptors (Lipinski definition) is 4. The van der Waals surface area contributed by atoms with E-state index in [0.717, 1.165) is 32.4 Å². The minimum atomic E-state index is -0.134. The van der Waals surface area contributed by atoms with Crippen molar-refractivity contribution in [2.45, 2.75) is 38.8 Å². The molecule has 1 aliphatic heterocycles. The van der Waals surface area contributed by atoms with Gasteiger partial charge in [0.2, 0.25) is 0 Å². The predicted molar refractivity (Wildman–Crippen MR) is 111 cm³/mol. The van der Waals surface area contributed by atoms with Crippen molar-refractivity contribution in [3.8, 4) is 11.5 Å². The molecule has 2 aromatic rings. The maximum Gasteiger partial charge on any atom is 0.255 e. The molecule has 0 fully saturated rings. The number of methoxy groups -OCH3 is 2. The number of benzene rings is 2. The van der Waals surface area contributed by atoms with Crippen molar-refractivity contribution >= 4 is 5.91 Å². The maximum absolute atomic E-state index is 12.8. The van der Waals surface area contributed by atoms with Crippen LogP contribution in [0.3, 0.4) is 0 Å². The molecule has 28 heavy (non-hydrogen) atoms. The molecule has 1 heterocycles. The van der Waals surface area contributed by atoms with Crippen LogP contribution < -0.4 is 14.8 Å². The summed E-state index contributed by atoms with van der Waals surface area (Å²) in [7, 11) is 3.16. The maximum atomic E-state index is 12.8. The topological polar surface area (TPSA) is 50.8 Å². The van der Waals surface area contributed by atoms with Crippen LogP contribution in [-0.2, 0) is 13.0 Å². The third-order valence-corrected chi connectivity index (χ3v) is 5.41. The molecule has 0 aliphatic carbocycles. The minimum absolute atomic E-state index is 0.134. The summed E-state index contributed by atoms with van der Waals surface area (Å²) in [6.45, 7) is 4.81. The Kier molecular flexibility index (Phi) is 6.93. The van der Waals surface area contributed by atoms with Crippen molar-refractivity contribution in [2.75, 3.05) is 27.3 Å². The largest absolute Gasteiger partial charge is 0.497 e. The number of nitrogens with zero attached hydrogens (tertiary/aromatic N) is 1. The fraction of sp³-hybridized carbons (Fsp3) is 0.435. The Hall–Kier alpha value is -2.53. The number of amides is 1. The van der Waals surface area contributed by atoms with E-state index in [4.69, 9.17) is 9.47 Å². The van der Waals surface area contributed by atoms with Crippen LogP contribution in [0, 0.1) is 0 Å². The van der Waals surface area contributed by atoms with Gasteiger partial charge in [-0.3, -0.25) is 9.69 Å². The molecule has 1 aliphatic rings. The summed E-state index contributed by atoms with van der Waals surface area (Å²) in [6.07, 6.45) is 3.28. The number of fused-ring (bicyclic) bond motifs is 1. The van der Waals surface area contributed by atoms with Gasteiger partial charge in [0, 0.05) is 19.1 Å². The summed E-state index contributed by atoms with van der Waals surface area (Å²) in [6, 6.07) is 14.2. The lowest BCUT2D eigenvalue weighted by Gasteiger charge is -2.37. The van der Waals surface area contributed by atoms with E-state index in [1.54, 1.807) is 32.4 Å². The molecule has 0 aromatic heterocycles. The van der Waals surface area contributed by atoms with Gasteiger partial charge in [-0.2, -0.15) is 0 Å². The van der Waals surface area contributed by atoms with Crippen molar-refractivity contribution in [1.82, 2.24) is 10.2 Å². The number of nitrogens with one attached hydrogen (secondary N) is 1. The summed E-state index contributed by atoms with van der Waals surface area (Å²) < 4.78 is 10.6. The van der Waals surface area contributed by atoms with Crippen LogP contribution in [0.4, 0.5) is 0 Å². The molecule has 5 nitrogen and oxygen atoms in total. The molecule has 150 valence electrons. The van der Waals surface area contributed by atoms with Crippen LogP contribution in [0.2, 0.25) is 0 Å². The van der Waals surface area contributed by atoms with Gasteiger partial charge in [-0.15, -0.1) is 0 Å². The predicted octanol–water partition coefficient (Wildman–Crippen LogP) is 3.66. The summed E-state index contributed by atoms with van der Waals surface area (Å²) in [4.78, 5) is 15.3. The molecule has 1 N–H and O–H groups in total. The summed E-state index contributed by atoms with van der Waals surface area (Å²) >= 11 is 0. The minimum Gasteiger partial charge on any atom is -0.497 e. The zero-order valence-electron chi connectivity index (χ0n) is 17.0. The van der Waals surface area contributed by atoms with Crippen LogP contribution in [0.25, 0.3) is 0 Å². The number of rotatable bonds is 8. The lowest BCUT2D eigenvalue weighted by molar-refractivity contribution is 0.0921. The number of hydrogen-bond donors (Lipinski definition) is 1. The van der Waals surface area contributed by atoms with Gasteiger partial charge in [-0.05, 0) is 48.7 Å². The van der Waals surface area contributed by atoms with E-state index >= 15 is 0 Å². The Morgan fingerprint density at radius 3 is 2.64 bits per heavy atom. The standard InChI is InChI=1S/C23H30N2O3/c1-4-5-12-25-16-18-9-7-6-8-17(18)13-19(25)15-24-23(26)21-14-20(27-2)10-11-22(21)28-3/h6-11,14,19H,4-5,12-13,15-16H2,1-3H3,(H,24,26)/t19-/m1/s1. The van der Waals surface area contributed by atoms with Gasteiger partial charge in [-0.25, -0.2) is 0 Å². The molecule has 2 aromatic carbocycles. The van der Waals surface area contributed by atoms with Crippen LogP contribution in [-0.4, -0.2) is 44.2 Å². The lowest BCUT2D eigenvalue weighted by atomic mass is 9.93. The lowest BCUT2D eigenvalue weighted by Crippen LogP contribution is -2.47. The Labute approximate surface area is 167 Å². The summed E-state index contributed by atoms with van der Waals surface area (Å²) in [5.74, 6) is 1.06. The average Bonchev–Trinajstić information content (AvgIpc) is 2.75. The molecule has 0 saturated heterocycles. The monoisotopic (exact) mass is 382 g/mol. The number of carbonyl (C=O) groups is 1. The molecule has 0 unspecified atom stereocenters. The Morgan fingerprint density at radius 1 is 1.14 bits per heavy atom. The normalized spacial score (nSPS) is 16.3. The van der Waals surface area contributed by atoms with Crippen LogP contribution in [0.15, 0.2) is 42.5 Å². The first-order valence-electron chi connectivity index (χ1n) is 9.97. The third-order valence-electron chi connectivity index (χ3n) is 5.41. The molecule has 3 rings (SSSR count). The van der Waals surface area contributed by atoms with E-state index in [-0.39, 0.29) is 5.91 Å². The van der Waals surface area contributed by atoms with E-state index in [9.17, 15) is 4.79 Å². The van der Waals surface area contributed by atoms with Gasteiger partial charge < -0.3 is 14.8 Å². The van der Waals surface area contributed by atoms with Gasteiger partial charge in [0.1, 0.15) is 11.5 Å². The van der Waals surface area contributed by atoms with Crippen molar-refractivity contribution < 1.29 is 14.3 Å². The highest BCUT2D eigenvalue weighted by Gasteiger charge is 2.26. The van der Waals surface area contributed by atoms with Crippen LogP contribution in [0.1, 0.15) is 41.3 Å². The third kappa shape index (κ3) is 4.65. The number of unbranched alkanes of at least 4 members (excludes halogenated alkanes) is 1. The molecule has 1 atom stereocenters. The average molecular weight is 383 g/mol. The van der Waals surface area contributed by atoms with Gasteiger partial charge in [0.25, 0.3) is 5.91 Å². The van der Waals surface area contributed by atoms with Crippen molar-refractivity contribution in [2.24, 2.45) is 0 Å². The van der Waals surface area contributed by atoms with Crippen molar-refractivity contribution in [1.29, 1.82) is 0 Å². The molecular formula is C23H30N2O3. The van der Waals surface area contributed by atoms with E-state index in [1.165, 1.54) is 11.1 Å². The second kappa shape index (κ2) is 9.60. The van der Waals surface area contributed by atoms with Crippen molar-refractivity contribution in [3.63, 3.8) is 0 Å². The van der Waals surface area contributed by atoms with Gasteiger partial charge in [0.05, 0.1) is 19.8 Å². The Balaban J connectivity index is 1.72. The molecular weight excluding hydrogens is 352 g/mol. The molecule has 0 spiro atoms. The second-order valence-corrected chi connectivity index (χ2v) is 7.23. The van der Waals surface area contributed by atoms with Crippen LogP contribution >= 0.6 is 0 Å². The molecule has 0 bridgehead atoms. The second-order valence-electron chi connectivity index (χ2n) is 7.23.